The summed E-state index contributed by atoms with van der Waals surface area (Å²) in [5.74, 6) is 1.54. The van der Waals surface area contributed by atoms with Gasteiger partial charge in [0.2, 0.25) is 5.95 Å². The third-order valence-electron chi connectivity index (χ3n) is 3.28. The molecule has 0 aliphatic carbocycles. The maximum atomic E-state index is 4.53. The molecule has 0 radical (unpaired) electrons. The number of nitrogens with one attached hydrogen (secondary N) is 2. The van der Waals surface area contributed by atoms with Crippen molar-refractivity contribution in [3.63, 3.8) is 0 Å². The van der Waals surface area contributed by atoms with Crippen LogP contribution in [0.3, 0.4) is 0 Å². The second kappa shape index (κ2) is 7.06. The van der Waals surface area contributed by atoms with Crippen LogP contribution in [0.1, 0.15) is 37.1 Å². The van der Waals surface area contributed by atoms with Crippen LogP contribution in [-0.2, 0) is 20.0 Å². The molecule has 0 unspecified atom stereocenters. The minimum Gasteiger partial charge on any atom is -0.365 e. The summed E-state index contributed by atoms with van der Waals surface area (Å²) in [7, 11) is 1.95. The molecule has 2 rings (SSSR count). The van der Waals surface area contributed by atoms with Crippen molar-refractivity contribution in [2.45, 2.75) is 40.2 Å². The first-order valence-corrected chi connectivity index (χ1v) is 7.46. The van der Waals surface area contributed by atoms with E-state index in [4.69, 9.17) is 0 Å². The molecule has 2 aromatic rings. The van der Waals surface area contributed by atoms with Gasteiger partial charge in [-0.3, -0.25) is 4.68 Å². The zero-order valence-corrected chi connectivity index (χ0v) is 13.3. The van der Waals surface area contributed by atoms with Gasteiger partial charge in [0.25, 0.3) is 0 Å². The van der Waals surface area contributed by atoms with E-state index >= 15 is 0 Å². The van der Waals surface area contributed by atoms with Gasteiger partial charge in [-0.05, 0) is 19.8 Å². The van der Waals surface area contributed by atoms with Crippen LogP contribution in [0, 0.1) is 6.92 Å². The third-order valence-corrected chi connectivity index (χ3v) is 3.28. The predicted molar refractivity (Wildman–Crippen MR) is 85.5 cm³/mol. The van der Waals surface area contributed by atoms with E-state index < -0.39 is 0 Å². The second-order valence-corrected chi connectivity index (χ2v) is 5.13. The Morgan fingerprint density at radius 3 is 2.76 bits per heavy atom. The first-order chi connectivity index (χ1) is 10.1. The van der Waals surface area contributed by atoms with Gasteiger partial charge in [-0.25, -0.2) is 4.98 Å². The van der Waals surface area contributed by atoms with Crippen molar-refractivity contribution in [1.29, 1.82) is 0 Å². The normalized spacial score (nSPS) is 10.7. The Kier molecular flexibility index (Phi) is 5.14. The Balaban J connectivity index is 2.08. The lowest BCUT2D eigenvalue weighted by Crippen LogP contribution is -2.09. The van der Waals surface area contributed by atoms with Gasteiger partial charge < -0.3 is 10.6 Å². The molecule has 6 nitrogen and oxygen atoms in total. The standard InChI is InChI=1S/C15H24N6/c1-5-7-16-15-18-8-11(3)14(19-15)17-9-12-10-21(4)20-13(12)6-2/h8,10H,5-7,9H2,1-4H3,(H2,16,17,18,19). The molecule has 0 saturated heterocycles. The lowest BCUT2D eigenvalue weighted by molar-refractivity contribution is 0.746. The highest BCUT2D eigenvalue weighted by Gasteiger charge is 2.08. The monoisotopic (exact) mass is 288 g/mol. The maximum Gasteiger partial charge on any atom is 0.224 e. The number of nitrogens with zero attached hydrogens (tertiary/aromatic N) is 4. The maximum absolute atomic E-state index is 4.53. The molecular formula is C15H24N6. The zero-order valence-electron chi connectivity index (χ0n) is 13.3. The molecule has 0 atom stereocenters. The van der Waals surface area contributed by atoms with Crippen LogP contribution >= 0.6 is 0 Å². The number of hydrogen-bond donors (Lipinski definition) is 2. The summed E-state index contributed by atoms with van der Waals surface area (Å²) in [6.07, 6.45) is 5.88. The molecule has 0 spiro atoms. The van der Waals surface area contributed by atoms with Crippen molar-refractivity contribution in [2.75, 3.05) is 17.2 Å². The van der Waals surface area contributed by atoms with E-state index in [0.717, 1.165) is 43.0 Å². The van der Waals surface area contributed by atoms with Crippen LogP contribution in [0.5, 0.6) is 0 Å². The molecule has 6 heteroatoms. The van der Waals surface area contributed by atoms with Crippen molar-refractivity contribution >= 4 is 11.8 Å². The number of hydrogen-bond acceptors (Lipinski definition) is 5. The number of aryl methyl sites for hydroxylation is 3. The number of rotatable bonds is 7. The fourth-order valence-electron chi connectivity index (χ4n) is 2.15. The quantitative estimate of drug-likeness (QED) is 0.819. The van der Waals surface area contributed by atoms with E-state index in [0.29, 0.717) is 5.95 Å². The van der Waals surface area contributed by atoms with Crippen molar-refractivity contribution in [1.82, 2.24) is 19.7 Å². The molecule has 0 aliphatic heterocycles. The van der Waals surface area contributed by atoms with Crippen molar-refractivity contribution in [3.8, 4) is 0 Å². The van der Waals surface area contributed by atoms with Crippen molar-refractivity contribution in [2.24, 2.45) is 7.05 Å². The summed E-state index contributed by atoms with van der Waals surface area (Å²) in [6, 6.07) is 0. The molecule has 21 heavy (non-hydrogen) atoms. The Morgan fingerprint density at radius 1 is 1.24 bits per heavy atom. The van der Waals surface area contributed by atoms with Crippen LogP contribution < -0.4 is 10.6 Å². The van der Waals surface area contributed by atoms with E-state index in [2.05, 4.69) is 45.7 Å². The number of aromatic nitrogens is 4. The zero-order chi connectivity index (χ0) is 15.2. The van der Waals surface area contributed by atoms with Gasteiger partial charge in [0.05, 0.1) is 5.69 Å². The van der Waals surface area contributed by atoms with Gasteiger partial charge in [-0.1, -0.05) is 13.8 Å². The molecule has 2 N–H and O–H groups in total. The summed E-state index contributed by atoms with van der Waals surface area (Å²) in [6.45, 7) is 7.85. The average molecular weight is 288 g/mol. The number of anilines is 2. The lowest BCUT2D eigenvalue weighted by Gasteiger charge is -2.10. The summed E-state index contributed by atoms with van der Waals surface area (Å²) < 4.78 is 1.86. The van der Waals surface area contributed by atoms with Gasteiger partial charge in [0.15, 0.2) is 0 Å². The summed E-state index contributed by atoms with van der Waals surface area (Å²) >= 11 is 0. The summed E-state index contributed by atoms with van der Waals surface area (Å²) in [4.78, 5) is 8.82. The highest BCUT2D eigenvalue weighted by Crippen LogP contribution is 2.15. The second-order valence-electron chi connectivity index (χ2n) is 5.13. The fourth-order valence-corrected chi connectivity index (χ4v) is 2.15. The van der Waals surface area contributed by atoms with Crippen LogP contribution in [-0.4, -0.2) is 26.3 Å². The molecule has 0 saturated carbocycles. The largest absolute Gasteiger partial charge is 0.365 e. The van der Waals surface area contributed by atoms with Gasteiger partial charge in [-0.2, -0.15) is 10.1 Å². The van der Waals surface area contributed by atoms with Crippen LogP contribution in [0.15, 0.2) is 12.4 Å². The molecule has 2 aromatic heterocycles. The fraction of sp³-hybridized carbons (Fsp3) is 0.533. The average Bonchev–Trinajstić information content (AvgIpc) is 2.85. The highest BCUT2D eigenvalue weighted by molar-refractivity contribution is 5.47. The van der Waals surface area contributed by atoms with Crippen LogP contribution in [0.25, 0.3) is 0 Å². The molecule has 2 heterocycles. The van der Waals surface area contributed by atoms with Crippen LogP contribution in [0.2, 0.25) is 0 Å². The molecule has 0 amide bonds. The van der Waals surface area contributed by atoms with Crippen molar-refractivity contribution in [3.05, 3.63) is 29.2 Å². The molecule has 0 aromatic carbocycles. The van der Waals surface area contributed by atoms with Gasteiger partial charge in [-0.15, -0.1) is 0 Å². The van der Waals surface area contributed by atoms with E-state index in [9.17, 15) is 0 Å². The van der Waals surface area contributed by atoms with Gasteiger partial charge in [0, 0.05) is 43.7 Å². The molecule has 0 fully saturated rings. The van der Waals surface area contributed by atoms with Crippen LogP contribution in [0.4, 0.5) is 11.8 Å². The Labute approximate surface area is 126 Å². The van der Waals surface area contributed by atoms with E-state index in [1.54, 1.807) is 0 Å². The van der Waals surface area contributed by atoms with Gasteiger partial charge in [0.1, 0.15) is 5.82 Å². The molecule has 0 bridgehead atoms. The Morgan fingerprint density at radius 2 is 2.05 bits per heavy atom. The minimum absolute atomic E-state index is 0.673. The van der Waals surface area contributed by atoms with Crippen molar-refractivity contribution < 1.29 is 0 Å². The Bertz CT molecular complexity index is 590. The predicted octanol–water partition coefficient (Wildman–Crippen LogP) is 2.51. The first kappa shape index (κ1) is 15.3. The highest BCUT2D eigenvalue weighted by atomic mass is 15.3. The Hall–Kier alpha value is -2.11. The summed E-state index contributed by atoms with van der Waals surface area (Å²) in [5, 5.41) is 11.1. The van der Waals surface area contributed by atoms with Gasteiger partial charge >= 0.3 is 0 Å². The third kappa shape index (κ3) is 3.93. The lowest BCUT2D eigenvalue weighted by atomic mass is 10.2. The van der Waals surface area contributed by atoms with E-state index in [1.165, 1.54) is 5.56 Å². The molecular weight excluding hydrogens is 264 g/mol. The minimum atomic E-state index is 0.673. The molecule has 0 aliphatic rings. The smallest absolute Gasteiger partial charge is 0.224 e. The first-order valence-electron chi connectivity index (χ1n) is 7.46. The molecule has 114 valence electrons. The topological polar surface area (TPSA) is 67.7 Å². The van der Waals surface area contributed by atoms with E-state index in [-0.39, 0.29) is 0 Å². The van der Waals surface area contributed by atoms with E-state index in [1.807, 2.05) is 24.9 Å². The summed E-state index contributed by atoms with van der Waals surface area (Å²) in [5.41, 5.74) is 3.38. The SMILES string of the molecule is CCCNc1ncc(C)c(NCc2cn(C)nc2CC)n1.